The van der Waals surface area contributed by atoms with Crippen molar-refractivity contribution < 1.29 is 0 Å². The molecule has 0 amide bonds. The van der Waals surface area contributed by atoms with Crippen LogP contribution < -0.4 is 0 Å². The van der Waals surface area contributed by atoms with Crippen molar-refractivity contribution in [3.8, 4) is 0 Å². The summed E-state index contributed by atoms with van der Waals surface area (Å²) in [5.74, 6) is 2.32. The topological polar surface area (TPSA) is 0 Å². The molecule has 0 spiro atoms. The van der Waals surface area contributed by atoms with E-state index in [0.29, 0.717) is 11.3 Å². The number of hydrogen-bond donors (Lipinski definition) is 0. The first-order valence-corrected chi connectivity index (χ1v) is 10.3. The summed E-state index contributed by atoms with van der Waals surface area (Å²) >= 11 is 0. The Morgan fingerprint density at radius 1 is 0.875 bits per heavy atom. The molecule has 0 aliphatic rings. The molecule has 0 heteroatoms. The maximum Gasteiger partial charge on any atom is -0.0160 e. The van der Waals surface area contributed by atoms with Gasteiger partial charge in [0, 0.05) is 0 Å². The largest absolute Gasteiger partial charge is 0.0683 e. The van der Waals surface area contributed by atoms with Gasteiger partial charge in [0.1, 0.15) is 0 Å². The molecule has 140 valence electrons. The summed E-state index contributed by atoms with van der Waals surface area (Å²) < 4.78 is 0. The summed E-state index contributed by atoms with van der Waals surface area (Å²) in [7, 11) is 0. The summed E-state index contributed by atoms with van der Waals surface area (Å²) in [6, 6.07) is 9.49. The summed E-state index contributed by atoms with van der Waals surface area (Å²) in [5, 5.41) is 0. The van der Waals surface area contributed by atoms with Crippen molar-refractivity contribution in [1.82, 2.24) is 0 Å². The van der Waals surface area contributed by atoms with Gasteiger partial charge in [0.05, 0.1) is 0 Å². The molecule has 0 aromatic heterocycles. The van der Waals surface area contributed by atoms with Gasteiger partial charge in [0.2, 0.25) is 0 Å². The highest BCUT2D eigenvalue weighted by Crippen LogP contribution is 2.33. The smallest absolute Gasteiger partial charge is 0.0160 e. The highest BCUT2D eigenvalue weighted by atomic mass is 14.2. The molecule has 0 fully saturated rings. The third-order valence-electron chi connectivity index (χ3n) is 4.62. The molecular formula is C24H44. The number of hydrogen-bond acceptors (Lipinski definition) is 0. The second-order valence-corrected chi connectivity index (χ2v) is 8.89. The average molecular weight is 333 g/mol. The van der Waals surface area contributed by atoms with Crippen LogP contribution in [0.25, 0.3) is 0 Å². The van der Waals surface area contributed by atoms with Gasteiger partial charge >= 0.3 is 0 Å². The van der Waals surface area contributed by atoms with Crippen molar-refractivity contribution in [3.63, 3.8) is 0 Å². The molecule has 1 aromatic rings. The van der Waals surface area contributed by atoms with Gasteiger partial charge in [-0.2, -0.15) is 0 Å². The van der Waals surface area contributed by atoms with Gasteiger partial charge in [0.25, 0.3) is 0 Å². The second kappa shape index (κ2) is 11.7. The van der Waals surface area contributed by atoms with Crippen LogP contribution in [0.4, 0.5) is 0 Å². The van der Waals surface area contributed by atoms with Crippen LogP contribution >= 0.6 is 0 Å². The monoisotopic (exact) mass is 332 g/mol. The predicted molar refractivity (Wildman–Crippen MR) is 112 cm³/mol. The van der Waals surface area contributed by atoms with E-state index in [2.05, 4.69) is 72.7 Å². The summed E-state index contributed by atoms with van der Waals surface area (Å²) in [4.78, 5) is 0. The van der Waals surface area contributed by atoms with Crippen molar-refractivity contribution in [2.45, 2.75) is 100 Å². The minimum atomic E-state index is 0.407. The molecule has 0 saturated heterocycles. The number of rotatable bonds is 8. The SMILES string of the molecule is CC.CCC(CC(C)(C)C)c1ccc(CC(C)CCC(C)C)cc1. The van der Waals surface area contributed by atoms with Gasteiger partial charge in [-0.05, 0) is 53.6 Å². The van der Waals surface area contributed by atoms with E-state index >= 15 is 0 Å². The van der Waals surface area contributed by atoms with Crippen LogP contribution in [0.5, 0.6) is 0 Å². The summed E-state index contributed by atoms with van der Waals surface area (Å²) in [5.41, 5.74) is 3.44. The highest BCUT2D eigenvalue weighted by molar-refractivity contribution is 5.26. The Labute approximate surface area is 153 Å². The Kier molecular flexibility index (Phi) is 11.3. The van der Waals surface area contributed by atoms with Crippen LogP contribution in [-0.4, -0.2) is 0 Å². The van der Waals surface area contributed by atoms with Crippen molar-refractivity contribution in [2.75, 3.05) is 0 Å². The number of benzene rings is 1. The lowest BCUT2D eigenvalue weighted by Crippen LogP contribution is -2.11. The maximum atomic E-state index is 2.39. The third kappa shape index (κ3) is 10.2. The average Bonchev–Trinajstić information content (AvgIpc) is 2.52. The molecule has 0 N–H and O–H groups in total. The molecule has 1 rings (SSSR count). The van der Waals surface area contributed by atoms with Gasteiger partial charge < -0.3 is 0 Å². The van der Waals surface area contributed by atoms with Crippen molar-refractivity contribution in [2.24, 2.45) is 17.3 Å². The van der Waals surface area contributed by atoms with Gasteiger partial charge in [-0.15, -0.1) is 0 Å². The van der Waals surface area contributed by atoms with E-state index in [4.69, 9.17) is 0 Å². The summed E-state index contributed by atoms with van der Waals surface area (Å²) in [6.45, 7) is 20.4. The Bertz CT molecular complexity index is 405. The normalized spacial score (nSPS) is 14.1. The van der Waals surface area contributed by atoms with E-state index in [0.717, 1.165) is 11.8 Å². The molecule has 0 aliphatic carbocycles. The van der Waals surface area contributed by atoms with Crippen LogP contribution in [0, 0.1) is 17.3 Å². The highest BCUT2D eigenvalue weighted by Gasteiger charge is 2.18. The Morgan fingerprint density at radius 3 is 1.83 bits per heavy atom. The molecule has 1 aromatic carbocycles. The lowest BCUT2D eigenvalue weighted by atomic mass is 9.80. The van der Waals surface area contributed by atoms with E-state index in [-0.39, 0.29) is 0 Å². The predicted octanol–water partition coefficient (Wildman–Crippen LogP) is 8.26. The van der Waals surface area contributed by atoms with E-state index in [1.165, 1.54) is 43.2 Å². The molecule has 24 heavy (non-hydrogen) atoms. The fourth-order valence-corrected chi connectivity index (χ4v) is 3.29. The van der Waals surface area contributed by atoms with Gasteiger partial charge in [-0.25, -0.2) is 0 Å². The van der Waals surface area contributed by atoms with Crippen molar-refractivity contribution >= 4 is 0 Å². The zero-order chi connectivity index (χ0) is 18.8. The second-order valence-electron chi connectivity index (χ2n) is 8.89. The zero-order valence-electron chi connectivity index (χ0n) is 18.1. The van der Waals surface area contributed by atoms with Gasteiger partial charge in [-0.1, -0.05) is 99.4 Å². The fraction of sp³-hybridized carbons (Fsp3) is 0.750. The van der Waals surface area contributed by atoms with Gasteiger partial charge in [-0.3, -0.25) is 0 Å². The quantitative estimate of drug-likeness (QED) is 0.449. The Morgan fingerprint density at radius 2 is 1.42 bits per heavy atom. The first kappa shape index (κ1) is 23.2. The van der Waals surface area contributed by atoms with E-state index in [1.807, 2.05) is 13.8 Å². The van der Waals surface area contributed by atoms with Crippen molar-refractivity contribution in [3.05, 3.63) is 35.4 Å². The summed E-state index contributed by atoms with van der Waals surface area (Å²) in [6.07, 6.45) is 6.43. The molecule has 0 aliphatic heterocycles. The molecular weight excluding hydrogens is 288 g/mol. The van der Waals surface area contributed by atoms with Crippen LogP contribution in [0.15, 0.2) is 24.3 Å². The maximum absolute atomic E-state index is 2.39. The van der Waals surface area contributed by atoms with Crippen LogP contribution in [0.1, 0.15) is 105 Å². The zero-order valence-corrected chi connectivity index (χ0v) is 18.1. The minimum Gasteiger partial charge on any atom is -0.0683 e. The van der Waals surface area contributed by atoms with Crippen LogP contribution in [0.2, 0.25) is 0 Å². The van der Waals surface area contributed by atoms with Gasteiger partial charge in [0.15, 0.2) is 0 Å². The van der Waals surface area contributed by atoms with E-state index < -0.39 is 0 Å². The first-order chi connectivity index (χ1) is 11.2. The van der Waals surface area contributed by atoms with Crippen molar-refractivity contribution in [1.29, 1.82) is 0 Å². The molecule has 0 heterocycles. The molecule has 0 nitrogen and oxygen atoms in total. The third-order valence-corrected chi connectivity index (χ3v) is 4.62. The molecule has 0 radical (unpaired) electrons. The lowest BCUT2D eigenvalue weighted by Gasteiger charge is -2.25. The van der Waals surface area contributed by atoms with E-state index in [1.54, 1.807) is 0 Å². The molecule has 0 saturated carbocycles. The molecule has 0 bridgehead atoms. The Balaban J connectivity index is 0.00000254. The first-order valence-electron chi connectivity index (χ1n) is 10.3. The van der Waals surface area contributed by atoms with E-state index in [9.17, 15) is 0 Å². The Hall–Kier alpha value is -0.780. The standard InChI is InChI=1S/C22H38.C2H6/c1-8-20(16-22(5,6)7)21-13-11-19(12-14-21)15-18(4)10-9-17(2)3;1-2/h11-14,17-18,20H,8-10,15-16H2,1-7H3;1-2H3. The lowest BCUT2D eigenvalue weighted by molar-refractivity contribution is 0.335. The fourth-order valence-electron chi connectivity index (χ4n) is 3.29. The van der Waals surface area contributed by atoms with Crippen LogP contribution in [-0.2, 0) is 6.42 Å². The van der Waals surface area contributed by atoms with Crippen LogP contribution in [0.3, 0.4) is 0 Å². The molecule has 2 atom stereocenters. The molecule has 2 unspecified atom stereocenters. The minimum absolute atomic E-state index is 0.407.